The molecule has 8 nitrogen and oxygen atoms in total. The summed E-state index contributed by atoms with van der Waals surface area (Å²) in [5.41, 5.74) is 7.35. The van der Waals surface area contributed by atoms with Crippen LogP contribution in [-0.2, 0) is 32.6 Å². The largest absolute Gasteiger partial charge is 0.480 e. The SMILES string of the molecule is CC1CCN(C(=O)[C@H](Cc2cccc(CN)c2)NS(=O)(=O)c2ccc3ccccc3c2)C(C(=O)O)C1. The number of nitrogens with two attached hydrogens (primary N) is 1. The van der Waals surface area contributed by atoms with Crippen molar-refractivity contribution < 1.29 is 23.1 Å². The highest BCUT2D eigenvalue weighted by Gasteiger charge is 2.39. The topological polar surface area (TPSA) is 130 Å². The maximum atomic E-state index is 13.7. The smallest absolute Gasteiger partial charge is 0.326 e. The van der Waals surface area contributed by atoms with E-state index >= 15 is 0 Å². The third kappa shape index (κ3) is 5.75. The highest BCUT2D eigenvalue weighted by molar-refractivity contribution is 7.89. The minimum absolute atomic E-state index is 0.0387. The quantitative estimate of drug-likeness (QED) is 0.428. The fourth-order valence-corrected chi connectivity index (χ4v) is 5.95. The second-order valence-electron chi connectivity index (χ2n) is 9.43. The van der Waals surface area contributed by atoms with Crippen LogP contribution in [0.4, 0.5) is 0 Å². The molecule has 1 aliphatic heterocycles. The number of nitrogens with one attached hydrogen (secondary N) is 1. The fraction of sp³-hybridized carbons (Fsp3) is 0.333. The normalized spacial score (nSPS) is 19.2. The van der Waals surface area contributed by atoms with Gasteiger partial charge < -0.3 is 15.7 Å². The van der Waals surface area contributed by atoms with Crippen LogP contribution in [-0.4, -0.2) is 48.9 Å². The third-order valence-corrected chi connectivity index (χ3v) is 8.20. The van der Waals surface area contributed by atoms with E-state index in [0.717, 1.165) is 21.9 Å². The lowest BCUT2D eigenvalue weighted by atomic mass is 9.91. The molecule has 0 saturated carbocycles. The average molecular weight is 510 g/mol. The Bertz CT molecular complexity index is 1370. The van der Waals surface area contributed by atoms with Crippen LogP contribution in [0, 0.1) is 5.92 Å². The standard InChI is InChI=1S/C27H31N3O5S/c1-18-11-12-30(25(13-18)27(32)33)26(31)24(15-19-5-4-6-20(14-19)17-28)29-36(34,35)23-10-9-21-7-2-3-8-22(21)16-23/h2-10,14,16,18,24-25,29H,11-13,15,17,28H2,1H3,(H,32,33)/t18?,24-,25?/m0/s1. The van der Waals surface area contributed by atoms with Crippen LogP contribution < -0.4 is 10.5 Å². The van der Waals surface area contributed by atoms with Gasteiger partial charge in [0.1, 0.15) is 12.1 Å². The monoisotopic (exact) mass is 509 g/mol. The number of sulfonamides is 1. The summed E-state index contributed by atoms with van der Waals surface area (Å²) in [6.07, 6.45) is 1.05. The number of hydrogen-bond acceptors (Lipinski definition) is 5. The van der Waals surface area contributed by atoms with Crippen LogP contribution in [0.15, 0.2) is 71.6 Å². The Morgan fingerprint density at radius 1 is 1.06 bits per heavy atom. The van der Waals surface area contributed by atoms with E-state index in [2.05, 4.69) is 4.72 Å². The molecule has 9 heteroatoms. The van der Waals surface area contributed by atoms with Crippen molar-refractivity contribution in [3.8, 4) is 0 Å². The molecule has 1 saturated heterocycles. The number of amides is 1. The summed E-state index contributed by atoms with van der Waals surface area (Å²) in [5, 5.41) is 11.4. The molecule has 4 rings (SSSR count). The zero-order chi connectivity index (χ0) is 25.9. The zero-order valence-electron chi connectivity index (χ0n) is 20.1. The number of benzene rings is 3. The molecule has 0 spiro atoms. The van der Waals surface area contributed by atoms with Crippen LogP contribution in [0.2, 0.25) is 0 Å². The molecule has 36 heavy (non-hydrogen) atoms. The van der Waals surface area contributed by atoms with Gasteiger partial charge >= 0.3 is 5.97 Å². The summed E-state index contributed by atoms with van der Waals surface area (Å²) < 4.78 is 29.5. The van der Waals surface area contributed by atoms with Crippen LogP contribution in [0.3, 0.4) is 0 Å². The van der Waals surface area contributed by atoms with E-state index in [1.54, 1.807) is 24.3 Å². The lowest BCUT2D eigenvalue weighted by molar-refractivity contribution is -0.153. The minimum atomic E-state index is -4.09. The highest BCUT2D eigenvalue weighted by Crippen LogP contribution is 2.25. The van der Waals surface area contributed by atoms with E-state index in [4.69, 9.17) is 5.73 Å². The zero-order valence-corrected chi connectivity index (χ0v) is 20.9. The molecule has 0 aromatic heterocycles. The molecule has 190 valence electrons. The first-order valence-electron chi connectivity index (χ1n) is 12.0. The van der Waals surface area contributed by atoms with Crippen LogP contribution in [0.1, 0.15) is 30.9 Å². The van der Waals surface area contributed by atoms with Gasteiger partial charge in [-0.05, 0) is 59.2 Å². The van der Waals surface area contributed by atoms with Crippen molar-refractivity contribution in [2.24, 2.45) is 11.7 Å². The number of nitrogens with zero attached hydrogens (tertiary/aromatic N) is 1. The number of hydrogen-bond donors (Lipinski definition) is 3. The molecule has 1 heterocycles. The first-order chi connectivity index (χ1) is 17.2. The van der Waals surface area contributed by atoms with Gasteiger partial charge in [0.05, 0.1) is 4.90 Å². The second kappa shape index (κ2) is 10.8. The lowest BCUT2D eigenvalue weighted by Crippen LogP contribution is -2.57. The van der Waals surface area contributed by atoms with Gasteiger partial charge in [-0.3, -0.25) is 4.79 Å². The van der Waals surface area contributed by atoms with Crippen molar-refractivity contribution in [2.75, 3.05) is 6.54 Å². The first kappa shape index (κ1) is 25.8. The molecule has 1 aliphatic rings. The van der Waals surface area contributed by atoms with Crippen molar-refractivity contribution in [1.29, 1.82) is 0 Å². The van der Waals surface area contributed by atoms with Gasteiger partial charge in [-0.1, -0.05) is 61.5 Å². The molecular weight excluding hydrogens is 478 g/mol. The third-order valence-electron chi connectivity index (χ3n) is 6.73. The van der Waals surface area contributed by atoms with Crippen molar-refractivity contribution in [3.63, 3.8) is 0 Å². The predicted molar refractivity (Wildman–Crippen MR) is 138 cm³/mol. The van der Waals surface area contributed by atoms with Crippen LogP contribution in [0.5, 0.6) is 0 Å². The molecule has 3 atom stereocenters. The number of carboxylic acids is 1. The maximum absolute atomic E-state index is 13.7. The van der Waals surface area contributed by atoms with E-state index in [0.29, 0.717) is 19.4 Å². The number of fused-ring (bicyclic) bond motifs is 1. The Kier molecular flexibility index (Phi) is 7.73. The van der Waals surface area contributed by atoms with Gasteiger partial charge in [0, 0.05) is 13.1 Å². The van der Waals surface area contributed by atoms with E-state index in [-0.39, 0.29) is 23.8 Å². The fourth-order valence-electron chi connectivity index (χ4n) is 4.73. The summed E-state index contributed by atoms with van der Waals surface area (Å²) in [6.45, 7) is 2.52. The molecule has 1 amide bonds. The Morgan fingerprint density at radius 2 is 1.78 bits per heavy atom. The lowest BCUT2D eigenvalue weighted by Gasteiger charge is -2.38. The van der Waals surface area contributed by atoms with Gasteiger partial charge in [-0.2, -0.15) is 4.72 Å². The summed E-state index contributed by atoms with van der Waals surface area (Å²) in [6, 6.07) is 17.3. The Labute approximate surface area is 211 Å². The number of aliphatic carboxylic acids is 1. The van der Waals surface area contributed by atoms with E-state index in [9.17, 15) is 23.1 Å². The van der Waals surface area contributed by atoms with Crippen molar-refractivity contribution in [1.82, 2.24) is 9.62 Å². The highest BCUT2D eigenvalue weighted by atomic mass is 32.2. The Balaban J connectivity index is 1.68. The summed E-state index contributed by atoms with van der Waals surface area (Å²) in [4.78, 5) is 27.0. The van der Waals surface area contributed by atoms with Crippen molar-refractivity contribution >= 4 is 32.7 Å². The first-order valence-corrected chi connectivity index (χ1v) is 13.5. The van der Waals surface area contributed by atoms with Gasteiger partial charge in [0.25, 0.3) is 0 Å². The number of carboxylic acid groups (broad SMARTS) is 1. The van der Waals surface area contributed by atoms with E-state index in [1.807, 2.05) is 43.3 Å². The van der Waals surface area contributed by atoms with Gasteiger partial charge in [0.15, 0.2) is 0 Å². The van der Waals surface area contributed by atoms with Gasteiger partial charge in [-0.15, -0.1) is 0 Å². The van der Waals surface area contributed by atoms with Crippen LogP contribution >= 0.6 is 0 Å². The minimum Gasteiger partial charge on any atom is -0.480 e. The molecule has 3 aromatic carbocycles. The summed E-state index contributed by atoms with van der Waals surface area (Å²) >= 11 is 0. The average Bonchev–Trinajstić information content (AvgIpc) is 2.87. The molecule has 3 aromatic rings. The second-order valence-corrected chi connectivity index (χ2v) is 11.1. The summed E-state index contributed by atoms with van der Waals surface area (Å²) in [5.74, 6) is -1.47. The van der Waals surface area contributed by atoms with Gasteiger partial charge in [0.2, 0.25) is 15.9 Å². The molecular formula is C27H31N3O5S. The molecule has 0 radical (unpaired) electrons. The van der Waals surface area contributed by atoms with Crippen molar-refractivity contribution in [3.05, 3.63) is 77.9 Å². The molecule has 4 N–H and O–H groups in total. The number of rotatable bonds is 8. The summed E-state index contributed by atoms with van der Waals surface area (Å²) in [7, 11) is -4.09. The molecule has 0 aliphatic carbocycles. The Morgan fingerprint density at radius 3 is 2.50 bits per heavy atom. The number of likely N-dealkylation sites (tertiary alicyclic amines) is 1. The molecule has 0 bridgehead atoms. The predicted octanol–water partition coefficient (Wildman–Crippen LogP) is 2.90. The van der Waals surface area contributed by atoms with E-state index < -0.39 is 34.0 Å². The molecule has 1 fully saturated rings. The van der Waals surface area contributed by atoms with E-state index in [1.165, 1.54) is 11.0 Å². The number of piperidine rings is 1. The number of carbonyl (C=O) groups excluding carboxylic acids is 1. The van der Waals surface area contributed by atoms with Crippen LogP contribution in [0.25, 0.3) is 10.8 Å². The maximum Gasteiger partial charge on any atom is 0.326 e. The van der Waals surface area contributed by atoms with Gasteiger partial charge in [-0.25, -0.2) is 13.2 Å². The van der Waals surface area contributed by atoms with Crippen molar-refractivity contribution in [2.45, 2.75) is 49.7 Å². The number of carbonyl (C=O) groups is 2. The molecule has 2 unspecified atom stereocenters. The Hall–Kier alpha value is -3.27.